The highest BCUT2D eigenvalue weighted by Gasteiger charge is 2.24. The molecule has 0 aliphatic heterocycles. The molecule has 222 valence electrons. The van der Waals surface area contributed by atoms with Crippen LogP contribution in [0.25, 0.3) is 87.9 Å². The number of rotatable bonds is 3. The van der Waals surface area contributed by atoms with Crippen LogP contribution in [0, 0.1) is 6.92 Å². The van der Waals surface area contributed by atoms with Crippen molar-refractivity contribution in [3.05, 3.63) is 106 Å². The fraction of sp³-hybridized carbons (Fsp3) is 0.128. The standard InChI is InChI=1S/C37H26ClN3OS.C2H6/c1-5-8-14-23-20(4)42-37-31(23)39-36(35(38)40-37)41-28(7-3)22(6-2)29-25-16-11-12-17-26(25)30-27-19-18-21-13-9-10-15-24(21)33(27)43-34(30)32(29)41;1-2/h5-19H,1H2,2-4H3;1-2H3/b14-8-,22-6+,28-7+;. The van der Waals surface area contributed by atoms with Gasteiger partial charge in [0.1, 0.15) is 11.3 Å². The van der Waals surface area contributed by atoms with E-state index in [4.69, 9.17) is 26.0 Å². The molecule has 0 atom stereocenters. The summed E-state index contributed by atoms with van der Waals surface area (Å²) in [6, 6.07) is 21.8. The van der Waals surface area contributed by atoms with E-state index in [-0.39, 0.29) is 5.15 Å². The first-order chi connectivity index (χ1) is 22.0. The Balaban J connectivity index is 0.00000160. The van der Waals surface area contributed by atoms with Gasteiger partial charge in [0.15, 0.2) is 11.0 Å². The topological polar surface area (TPSA) is 43.9 Å². The van der Waals surface area contributed by atoms with E-state index < -0.39 is 0 Å². The Morgan fingerprint density at radius 1 is 0.844 bits per heavy atom. The highest BCUT2D eigenvalue weighted by atomic mass is 35.5. The fourth-order valence-electron chi connectivity index (χ4n) is 6.58. The molecule has 8 rings (SSSR count). The van der Waals surface area contributed by atoms with Gasteiger partial charge >= 0.3 is 0 Å². The Morgan fingerprint density at radius 2 is 1.56 bits per heavy atom. The molecule has 0 saturated carbocycles. The predicted octanol–water partition coefficient (Wildman–Crippen LogP) is 10.6. The highest BCUT2D eigenvalue weighted by Crippen LogP contribution is 2.45. The van der Waals surface area contributed by atoms with Crippen molar-refractivity contribution in [1.29, 1.82) is 0 Å². The Kier molecular flexibility index (Phi) is 7.31. The number of aromatic nitrogens is 3. The van der Waals surface area contributed by atoms with E-state index in [0.717, 1.165) is 27.4 Å². The van der Waals surface area contributed by atoms with Crippen molar-refractivity contribution < 1.29 is 4.42 Å². The van der Waals surface area contributed by atoms with Crippen molar-refractivity contribution in [2.75, 3.05) is 0 Å². The third-order valence-electron chi connectivity index (χ3n) is 8.37. The van der Waals surface area contributed by atoms with Crippen LogP contribution < -0.4 is 10.6 Å². The lowest BCUT2D eigenvalue weighted by Crippen LogP contribution is -2.28. The second kappa shape index (κ2) is 11.3. The molecular formula is C39H32ClN3OS. The summed E-state index contributed by atoms with van der Waals surface area (Å²) in [6.07, 6.45) is 9.90. The average molecular weight is 626 g/mol. The fourth-order valence-corrected chi connectivity index (χ4v) is 8.18. The number of allylic oxidation sites excluding steroid dienone is 2. The maximum absolute atomic E-state index is 7.00. The molecule has 0 amide bonds. The first-order valence-corrected chi connectivity index (χ1v) is 16.4. The number of halogens is 1. The van der Waals surface area contributed by atoms with Crippen molar-refractivity contribution >= 4 is 105 Å². The molecule has 4 aromatic heterocycles. The Labute approximate surface area is 269 Å². The van der Waals surface area contributed by atoms with Gasteiger partial charge in [-0.1, -0.05) is 117 Å². The van der Waals surface area contributed by atoms with Crippen LogP contribution >= 0.6 is 22.9 Å². The summed E-state index contributed by atoms with van der Waals surface area (Å²) in [5.74, 6) is 1.31. The molecule has 0 bridgehead atoms. The molecule has 0 aliphatic carbocycles. The second-order valence-electron chi connectivity index (χ2n) is 10.6. The molecule has 0 aliphatic rings. The number of hydrogen-bond donors (Lipinski definition) is 0. The van der Waals surface area contributed by atoms with Crippen LogP contribution in [-0.4, -0.2) is 14.5 Å². The van der Waals surface area contributed by atoms with Crippen molar-refractivity contribution in [3.8, 4) is 5.82 Å². The predicted molar refractivity (Wildman–Crippen MR) is 196 cm³/mol. The molecule has 0 N–H and O–H groups in total. The van der Waals surface area contributed by atoms with Crippen LogP contribution in [0.1, 0.15) is 39.0 Å². The zero-order valence-corrected chi connectivity index (χ0v) is 27.5. The van der Waals surface area contributed by atoms with Gasteiger partial charge in [-0.3, -0.25) is 4.57 Å². The van der Waals surface area contributed by atoms with Gasteiger partial charge in [0, 0.05) is 31.6 Å². The van der Waals surface area contributed by atoms with Gasteiger partial charge in [-0.2, -0.15) is 4.98 Å². The van der Waals surface area contributed by atoms with E-state index in [9.17, 15) is 0 Å². The summed E-state index contributed by atoms with van der Waals surface area (Å²) >= 11 is 8.84. The molecule has 0 unspecified atom stereocenters. The van der Waals surface area contributed by atoms with Crippen molar-refractivity contribution in [3.63, 3.8) is 0 Å². The van der Waals surface area contributed by atoms with Crippen LogP contribution in [-0.2, 0) is 0 Å². The van der Waals surface area contributed by atoms with E-state index >= 15 is 0 Å². The summed E-state index contributed by atoms with van der Waals surface area (Å²) in [6.45, 7) is 13.9. The quantitative estimate of drug-likeness (QED) is 0.183. The number of furan rings is 1. The van der Waals surface area contributed by atoms with Gasteiger partial charge in [-0.25, -0.2) is 4.98 Å². The summed E-state index contributed by atoms with van der Waals surface area (Å²) in [5, 5.41) is 11.1. The third-order valence-corrected chi connectivity index (χ3v) is 9.87. The molecule has 0 radical (unpaired) electrons. The minimum atomic E-state index is 0.288. The van der Waals surface area contributed by atoms with E-state index in [1.54, 1.807) is 6.08 Å². The number of fused-ring (bicyclic) bond motifs is 11. The van der Waals surface area contributed by atoms with E-state index in [1.165, 1.54) is 47.1 Å². The molecule has 0 saturated heterocycles. The number of thiophene rings is 1. The molecule has 0 spiro atoms. The van der Waals surface area contributed by atoms with Gasteiger partial charge in [0.25, 0.3) is 0 Å². The van der Waals surface area contributed by atoms with Crippen LogP contribution in [0.2, 0.25) is 5.15 Å². The molecular weight excluding hydrogens is 594 g/mol. The van der Waals surface area contributed by atoms with E-state index in [1.807, 2.05) is 44.3 Å². The molecule has 6 heteroatoms. The maximum atomic E-state index is 7.00. The number of benzene rings is 4. The lowest BCUT2D eigenvalue weighted by atomic mass is 9.98. The largest absolute Gasteiger partial charge is 0.441 e. The average Bonchev–Trinajstić information content (AvgIpc) is 3.72. The summed E-state index contributed by atoms with van der Waals surface area (Å²) in [4.78, 5) is 9.90. The van der Waals surface area contributed by atoms with Gasteiger partial charge in [-0.15, -0.1) is 11.3 Å². The molecule has 0 fully saturated rings. The van der Waals surface area contributed by atoms with Gasteiger partial charge in [0.05, 0.1) is 15.6 Å². The Bertz CT molecular complexity index is 2640. The zero-order chi connectivity index (χ0) is 31.4. The summed E-state index contributed by atoms with van der Waals surface area (Å²) in [5.41, 5.74) is 3.03. The monoisotopic (exact) mass is 625 g/mol. The summed E-state index contributed by atoms with van der Waals surface area (Å²) in [7, 11) is 0. The summed E-state index contributed by atoms with van der Waals surface area (Å²) < 4.78 is 10.7. The Hall–Kier alpha value is -4.71. The van der Waals surface area contributed by atoms with Crippen molar-refractivity contribution in [2.45, 2.75) is 34.6 Å². The highest BCUT2D eigenvalue weighted by molar-refractivity contribution is 7.27. The number of nitrogens with zero attached hydrogens (tertiary/aromatic N) is 3. The lowest BCUT2D eigenvalue weighted by Gasteiger charge is -2.10. The maximum Gasteiger partial charge on any atom is 0.247 e. The second-order valence-corrected chi connectivity index (χ2v) is 12.0. The van der Waals surface area contributed by atoms with Crippen LogP contribution in [0.4, 0.5) is 0 Å². The van der Waals surface area contributed by atoms with Gasteiger partial charge < -0.3 is 4.42 Å². The molecule has 4 nitrogen and oxygen atoms in total. The molecule has 4 aromatic carbocycles. The van der Waals surface area contributed by atoms with E-state index in [2.05, 4.69) is 97.8 Å². The Morgan fingerprint density at radius 3 is 2.27 bits per heavy atom. The first-order valence-electron chi connectivity index (χ1n) is 15.2. The molecule has 8 aromatic rings. The van der Waals surface area contributed by atoms with Crippen LogP contribution in [0.3, 0.4) is 0 Å². The minimum absolute atomic E-state index is 0.288. The van der Waals surface area contributed by atoms with Crippen molar-refractivity contribution in [2.24, 2.45) is 0 Å². The first kappa shape index (κ1) is 29.0. The molecule has 45 heavy (non-hydrogen) atoms. The smallest absolute Gasteiger partial charge is 0.247 e. The van der Waals surface area contributed by atoms with Crippen LogP contribution in [0.5, 0.6) is 0 Å². The van der Waals surface area contributed by atoms with Gasteiger partial charge in [0.2, 0.25) is 5.71 Å². The van der Waals surface area contributed by atoms with E-state index in [0.29, 0.717) is 17.0 Å². The molecule has 4 heterocycles. The number of aryl methyl sites for hydroxylation is 1. The SMILES string of the molecule is C=C/C=C\c1c(C)oc2nc(Cl)c(-n3c(=C/C)/c(=C\C)c4c5ccccc5c5c6ccc7ccccc7c6sc5c43)nc12.CC. The lowest BCUT2D eigenvalue weighted by molar-refractivity contribution is 0.566. The zero-order valence-electron chi connectivity index (χ0n) is 25.9. The normalized spacial score (nSPS) is 12.9. The third kappa shape index (κ3) is 4.18. The number of hydrogen-bond acceptors (Lipinski definition) is 4. The van der Waals surface area contributed by atoms with Crippen molar-refractivity contribution in [1.82, 2.24) is 14.5 Å². The van der Waals surface area contributed by atoms with Crippen LogP contribution in [0.15, 0.2) is 83.8 Å². The minimum Gasteiger partial charge on any atom is -0.441 e. The van der Waals surface area contributed by atoms with Gasteiger partial charge in [-0.05, 0) is 48.4 Å².